The van der Waals surface area contributed by atoms with Crippen molar-refractivity contribution in [3.8, 4) is 0 Å². The molecule has 34 heavy (non-hydrogen) atoms. The molecular formula is C22H41NO11. The van der Waals surface area contributed by atoms with Crippen molar-refractivity contribution < 1.29 is 53.0 Å². The number of hydrogen-bond acceptors (Lipinski definition) is 9. The maximum atomic E-state index is 12.6. The first kappa shape index (κ1) is 32.2. The number of carboxylic acids is 2. The lowest BCUT2D eigenvalue weighted by Gasteiger charge is -2.26. The Morgan fingerprint density at radius 3 is 1.24 bits per heavy atom. The maximum Gasteiger partial charge on any atom is 0.329 e. The van der Waals surface area contributed by atoms with Gasteiger partial charge in [-0.25, -0.2) is 9.59 Å². The molecule has 0 aliphatic carbocycles. The standard InChI is InChI=1S/C22H41NO11/c1-22(2,3)16-19(24)23(4-6-29-8-10-31-12-14-33-17-20(25)26)5-7-30-9-11-32-13-15-34-18-21(27)28/h4-18H2,1-3H3,(H,25,26)(H,27,28). The van der Waals surface area contributed by atoms with Crippen molar-refractivity contribution in [2.75, 3.05) is 92.4 Å². The van der Waals surface area contributed by atoms with Crippen molar-refractivity contribution in [2.24, 2.45) is 5.41 Å². The highest BCUT2D eigenvalue weighted by Gasteiger charge is 2.21. The third-order valence-electron chi connectivity index (χ3n) is 3.98. The Labute approximate surface area is 201 Å². The molecule has 0 radical (unpaired) electrons. The van der Waals surface area contributed by atoms with Gasteiger partial charge >= 0.3 is 11.9 Å². The van der Waals surface area contributed by atoms with E-state index in [1.807, 2.05) is 20.8 Å². The van der Waals surface area contributed by atoms with Crippen LogP contribution in [0.3, 0.4) is 0 Å². The van der Waals surface area contributed by atoms with Crippen LogP contribution in [0.15, 0.2) is 0 Å². The SMILES string of the molecule is CC(C)(C)CC(=O)N(CCOCCOCCOCC(=O)O)CCOCCOCCOCC(=O)O. The van der Waals surface area contributed by atoms with Gasteiger partial charge in [0, 0.05) is 19.5 Å². The van der Waals surface area contributed by atoms with Crippen molar-refractivity contribution in [3.05, 3.63) is 0 Å². The molecule has 1 amide bonds. The first-order valence-corrected chi connectivity index (χ1v) is 11.3. The molecule has 0 saturated heterocycles. The van der Waals surface area contributed by atoms with Crippen LogP contribution >= 0.6 is 0 Å². The van der Waals surface area contributed by atoms with Gasteiger partial charge in [0.25, 0.3) is 0 Å². The number of ether oxygens (including phenoxy) is 6. The molecule has 0 heterocycles. The summed E-state index contributed by atoms with van der Waals surface area (Å²) in [4.78, 5) is 35.0. The van der Waals surface area contributed by atoms with Crippen LogP contribution < -0.4 is 0 Å². The summed E-state index contributed by atoms with van der Waals surface area (Å²) in [6, 6.07) is 0. The molecule has 12 nitrogen and oxygen atoms in total. The van der Waals surface area contributed by atoms with E-state index in [1.165, 1.54) is 0 Å². The second-order valence-electron chi connectivity index (χ2n) is 8.46. The highest BCUT2D eigenvalue weighted by Crippen LogP contribution is 2.19. The number of carbonyl (C=O) groups is 3. The number of carboxylic acid groups (broad SMARTS) is 2. The van der Waals surface area contributed by atoms with Crippen LogP contribution in [0, 0.1) is 5.41 Å². The van der Waals surface area contributed by atoms with Gasteiger partial charge in [-0.2, -0.15) is 0 Å². The van der Waals surface area contributed by atoms with Crippen LogP contribution in [-0.4, -0.2) is 125 Å². The van der Waals surface area contributed by atoms with Gasteiger partial charge in [0.1, 0.15) is 13.2 Å². The molecule has 0 saturated carbocycles. The Morgan fingerprint density at radius 2 is 0.912 bits per heavy atom. The highest BCUT2D eigenvalue weighted by molar-refractivity contribution is 5.76. The van der Waals surface area contributed by atoms with E-state index in [4.69, 9.17) is 38.6 Å². The molecule has 2 N–H and O–H groups in total. The minimum Gasteiger partial charge on any atom is -0.480 e. The molecule has 0 aromatic heterocycles. The van der Waals surface area contributed by atoms with Crippen molar-refractivity contribution in [1.82, 2.24) is 4.90 Å². The van der Waals surface area contributed by atoms with Crippen LogP contribution in [0.5, 0.6) is 0 Å². The van der Waals surface area contributed by atoms with Gasteiger partial charge in [-0.3, -0.25) is 4.79 Å². The summed E-state index contributed by atoms with van der Waals surface area (Å²) >= 11 is 0. The molecule has 200 valence electrons. The van der Waals surface area contributed by atoms with Crippen molar-refractivity contribution in [1.29, 1.82) is 0 Å². The molecule has 0 aliphatic heterocycles. The summed E-state index contributed by atoms with van der Waals surface area (Å²) < 4.78 is 31.4. The Balaban J connectivity index is 3.98. The van der Waals surface area contributed by atoms with Crippen LogP contribution in [0.1, 0.15) is 27.2 Å². The lowest BCUT2D eigenvalue weighted by molar-refractivity contribution is -0.143. The molecule has 0 bridgehead atoms. The number of rotatable bonds is 23. The fourth-order valence-electron chi connectivity index (χ4n) is 2.47. The molecule has 12 heteroatoms. The van der Waals surface area contributed by atoms with Gasteiger partial charge < -0.3 is 43.5 Å². The van der Waals surface area contributed by atoms with Crippen LogP contribution in [0.2, 0.25) is 0 Å². The summed E-state index contributed by atoms with van der Waals surface area (Å²) in [6.45, 7) is 9.24. The number of nitrogens with zero attached hydrogens (tertiary/aromatic N) is 1. The second-order valence-corrected chi connectivity index (χ2v) is 8.46. The average Bonchev–Trinajstić information content (AvgIpc) is 2.73. The van der Waals surface area contributed by atoms with Crippen LogP contribution in [0.25, 0.3) is 0 Å². The van der Waals surface area contributed by atoms with E-state index in [-0.39, 0.29) is 51.0 Å². The molecule has 0 fully saturated rings. The van der Waals surface area contributed by atoms with Gasteiger partial charge in [-0.1, -0.05) is 20.8 Å². The fourth-order valence-corrected chi connectivity index (χ4v) is 2.47. The largest absolute Gasteiger partial charge is 0.480 e. The molecule has 0 aromatic carbocycles. The zero-order valence-corrected chi connectivity index (χ0v) is 20.6. The fraction of sp³-hybridized carbons (Fsp3) is 0.864. The smallest absolute Gasteiger partial charge is 0.329 e. The summed E-state index contributed by atoms with van der Waals surface area (Å²) in [5.41, 5.74) is -0.135. The highest BCUT2D eigenvalue weighted by atomic mass is 16.6. The summed E-state index contributed by atoms with van der Waals surface area (Å²) in [6.07, 6.45) is 0.409. The van der Waals surface area contributed by atoms with Gasteiger partial charge in [-0.05, 0) is 5.41 Å². The monoisotopic (exact) mass is 495 g/mol. The zero-order valence-electron chi connectivity index (χ0n) is 20.6. The van der Waals surface area contributed by atoms with Gasteiger partial charge in [0.15, 0.2) is 0 Å². The normalized spacial score (nSPS) is 11.5. The van der Waals surface area contributed by atoms with E-state index in [1.54, 1.807) is 4.90 Å². The lowest BCUT2D eigenvalue weighted by atomic mass is 9.91. The van der Waals surface area contributed by atoms with E-state index >= 15 is 0 Å². The summed E-state index contributed by atoms with van der Waals surface area (Å²) in [7, 11) is 0. The third-order valence-corrected chi connectivity index (χ3v) is 3.98. The Hall–Kier alpha value is -1.83. The minimum absolute atomic E-state index is 0.0263. The lowest BCUT2D eigenvalue weighted by Crippen LogP contribution is -2.38. The number of amides is 1. The molecule has 0 aromatic rings. The minimum atomic E-state index is -1.02. The van der Waals surface area contributed by atoms with Gasteiger partial charge in [-0.15, -0.1) is 0 Å². The Bertz CT molecular complexity index is 517. The first-order valence-electron chi connectivity index (χ1n) is 11.3. The van der Waals surface area contributed by atoms with E-state index in [0.29, 0.717) is 59.2 Å². The van der Waals surface area contributed by atoms with Gasteiger partial charge in [0.05, 0.1) is 66.1 Å². The molecule has 0 spiro atoms. The van der Waals surface area contributed by atoms with E-state index in [0.717, 1.165) is 0 Å². The first-order chi connectivity index (χ1) is 16.1. The summed E-state index contributed by atoms with van der Waals surface area (Å²) in [5.74, 6) is -2.02. The third kappa shape index (κ3) is 23.3. The van der Waals surface area contributed by atoms with E-state index in [9.17, 15) is 14.4 Å². The molecule has 0 rings (SSSR count). The summed E-state index contributed by atoms with van der Waals surface area (Å²) in [5, 5.41) is 16.9. The van der Waals surface area contributed by atoms with Crippen molar-refractivity contribution in [3.63, 3.8) is 0 Å². The second kappa shape index (κ2) is 20.5. The Kier molecular flexibility index (Phi) is 19.4. The van der Waals surface area contributed by atoms with Crippen molar-refractivity contribution in [2.45, 2.75) is 27.2 Å². The maximum absolute atomic E-state index is 12.6. The Morgan fingerprint density at radius 1 is 0.588 bits per heavy atom. The zero-order chi connectivity index (χ0) is 25.7. The van der Waals surface area contributed by atoms with E-state index in [2.05, 4.69) is 0 Å². The quantitative estimate of drug-likeness (QED) is 0.191. The molecule has 0 atom stereocenters. The molecular weight excluding hydrogens is 454 g/mol. The van der Waals surface area contributed by atoms with Crippen LogP contribution in [-0.2, 0) is 42.8 Å². The topological polar surface area (TPSA) is 150 Å². The average molecular weight is 496 g/mol. The van der Waals surface area contributed by atoms with Crippen LogP contribution in [0.4, 0.5) is 0 Å². The number of hydrogen-bond donors (Lipinski definition) is 2. The van der Waals surface area contributed by atoms with E-state index < -0.39 is 11.9 Å². The molecule has 0 aliphatic rings. The predicted molar refractivity (Wildman–Crippen MR) is 121 cm³/mol. The van der Waals surface area contributed by atoms with Crippen molar-refractivity contribution >= 4 is 17.8 Å². The number of aliphatic carboxylic acids is 2. The number of carbonyl (C=O) groups excluding carboxylic acids is 1. The predicted octanol–water partition coefficient (Wildman–Crippen LogP) is 0.520. The molecule has 0 unspecified atom stereocenters. The van der Waals surface area contributed by atoms with Gasteiger partial charge in [0.2, 0.25) is 5.91 Å².